The molecule has 0 aromatic rings. The molecule has 16 nitrogen and oxygen atoms in total. The third-order valence-corrected chi connectivity index (χ3v) is 8.09. The quantitative estimate of drug-likeness (QED) is 0.135. The average molecular weight is 611 g/mol. The zero-order valence-corrected chi connectivity index (χ0v) is 24.7. The number of nitrogens with one attached hydrogen (secondary N) is 2. The van der Waals surface area contributed by atoms with Crippen molar-refractivity contribution in [3.05, 3.63) is 0 Å². The molecule has 0 aromatic heterocycles. The van der Waals surface area contributed by atoms with E-state index in [9.17, 15) is 25.5 Å². The second-order valence-electron chi connectivity index (χ2n) is 12.3. The Morgan fingerprint density at radius 2 is 1.17 bits per heavy atom. The normalized spacial score (nSPS) is 49.9. The summed E-state index contributed by atoms with van der Waals surface area (Å²) in [5.41, 5.74) is 0. The van der Waals surface area contributed by atoms with Crippen LogP contribution in [0, 0.1) is 0 Å². The molecule has 16 heteroatoms. The maximum atomic E-state index is 11.1. The van der Waals surface area contributed by atoms with Crippen LogP contribution in [0.15, 0.2) is 0 Å². The van der Waals surface area contributed by atoms with Crippen LogP contribution in [0.5, 0.6) is 0 Å². The number of hydrogen-bond acceptors (Lipinski definition) is 16. The minimum Gasteiger partial charge on any atom is -0.388 e. The van der Waals surface area contributed by atoms with Gasteiger partial charge < -0.3 is 78.8 Å². The summed E-state index contributed by atoms with van der Waals surface area (Å²) in [5, 5.41) is 59.0. The van der Waals surface area contributed by atoms with Gasteiger partial charge in [0.2, 0.25) is 0 Å². The first kappa shape index (κ1) is 32.7. The SMILES string of the molecule is CNC[C@H]1O[C@H](O[C@H]2[C@H](O)[C@@H](O)[C@H](OC[C@H]3O[C@@H]4OC(C)(C)O[C@@H]4[C@H]4OC(C)(C)O[C@H]43)O[C@@H]2CNC)[C@H](O)[C@@H](O)[C@@H]1O. The van der Waals surface area contributed by atoms with E-state index in [1.165, 1.54) is 0 Å². The summed E-state index contributed by atoms with van der Waals surface area (Å²) in [5.74, 6) is -1.78. The van der Waals surface area contributed by atoms with Gasteiger partial charge in [-0.05, 0) is 41.8 Å². The standard InChI is InChI=1S/C26H46N2O14/c1-25(2)39-19-12(37-24-21(20(19)40-25)41-26(3,4)42-24)9-34-22-17(33)15(31)18(11(36-22)8-28-6)38-23-16(32)14(30)13(29)10(35-23)7-27-5/h10-24,27-33H,7-9H2,1-6H3/t10-,11-,12-,13-,14+,15-,16-,17-,18-,19+,20+,21-,22-,23-,24-/m1/s1. The number of rotatable bonds is 9. The molecule has 0 bridgehead atoms. The first-order valence-electron chi connectivity index (χ1n) is 14.4. The topological polar surface area (TPSA) is 208 Å². The molecule has 15 atom stereocenters. The van der Waals surface area contributed by atoms with Crippen LogP contribution < -0.4 is 10.6 Å². The summed E-state index contributed by atoms with van der Waals surface area (Å²) in [6.07, 6.45) is -16.3. The Labute approximate surface area is 244 Å². The third kappa shape index (κ3) is 6.50. The highest BCUT2D eigenvalue weighted by molar-refractivity contribution is 5.01. The number of hydrogen-bond donors (Lipinski definition) is 7. The van der Waals surface area contributed by atoms with E-state index in [2.05, 4.69) is 10.6 Å². The van der Waals surface area contributed by atoms with Crippen LogP contribution in [-0.2, 0) is 42.6 Å². The summed E-state index contributed by atoms with van der Waals surface area (Å²) in [7, 11) is 3.31. The zero-order chi connectivity index (χ0) is 30.6. The Morgan fingerprint density at radius 1 is 0.595 bits per heavy atom. The Bertz CT molecular complexity index is 914. The lowest BCUT2D eigenvalue weighted by atomic mass is 9.96. The molecular formula is C26H46N2O14. The fraction of sp³-hybridized carbons (Fsp3) is 1.00. The molecule has 7 N–H and O–H groups in total. The first-order valence-corrected chi connectivity index (χ1v) is 14.4. The third-order valence-electron chi connectivity index (χ3n) is 8.09. The van der Waals surface area contributed by atoms with Gasteiger partial charge in [-0.3, -0.25) is 0 Å². The van der Waals surface area contributed by atoms with Crippen molar-refractivity contribution in [2.45, 2.75) is 131 Å². The molecule has 0 amide bonds. The van der Waals surface area contributed by atoms with Crippen LogP contribution in [-0.4, -0.2) is 163 Å². The largest absolute Gasteiger partial charge is 0.388 e. The molecule has 5 fully saturated rings. The fourth-order valence-electron chi connectivity index (χ4n) is 6.15. The van der Waals surface area contributed by atoms with E-state index in [0.717, 1.165) is 0 Å². The van der Waals surface area contributed by atoms with Crippen molar-refractivity contribution in [3.8, 4) is 0 Å². The number of aliphatic hydroxyl groups excluding tert-OH is 5. The van der Waals surface area contributed by atoms with Crippen LogP contribution in [0.25, 0.3) is 0 Å². The van der Waals surface area contributed by atoms with Gasteiger partial charge in [0.1, 0.15) is 73.2 Å². The Morgan fingerprint density at radius 3 is 1.86 bits per heavy atom. The average Bonchev–Trinajstić information content (AvgIpc) is 3.42. The molecule has 5 aliphatic rings. The van der Waals surface area contributed by atoms with E-state index in [4.69, 9.17) is 42.6 Å². The molecule has 0 radical (unpaired) electrons. The minimum atomic E-state index is -1.62. The van der Waals surface area contributed by atoms with Crippen LogP contribution in [0.2, 0.25) is 0 Å². The molecule has 5 aliphatic heterocycles. The van der Waals surface area contributed by atoms with Crippen molar-refractivity contribution in [3.63, 3.8) is 0 Å². The van der Waals surface area contributed by atoms with Gasteiger partial charge in [0.15, 0.2) is 30.4 Å². The fourth-order valence-corrected chi connectivity index (χ4v) is 6.15. The maximum Gasteiger partial charge on any atom is 0.190 e. The molecule has 5 saturated heterocycles. The van der Waals surface area contributed by atoms with E-state index in [1.807, 2.05) is 0 Å². The van der Waals surface area contributed by atoms with Crippen LogP contribution in [0.1, 0.15) is 27.7 Å². The summed E-state index contributed by atoms with van der Waals surface area (Å²) in [6.45, 7) is 7.39. The van der Waals surface area contributed by atoms with Gasteiger partial charge in [-0.2, -0.15) is 0 Å². The van der Waals surface area contributed by atoms with Crippen molar-refractivity contribution in [2.24, 2.45) is 0 Å². The highest BCUT2D eigenvalue weighted by atomic mass is 16.9. The van der Waals surface area contributed by atoms with Gasteiger partial charge in [-0.15, -0.1) is 0 Å². The molecule has 5 heterocycles. The van der Waals surface area contributed by atoms with E-state index < -0.39 is 104 Å². The van der Waals surface area contributed by atoms with Crippen molar-refractivity contribution < 1.29 is 68.2 Å². The number of likely N-dealkylation sites (N-methyl/N-ethyl adjacent to an activating group) is 2. The minimum absolute atomic E-state index is 0.0971. The van der Waals surface area contributed by atoms with Crippen molar-refractivity contribution in [1.29, 1.82) is 0 Å². The lowest BCUT2D eigenvalue weighted by Gasteiger charge is -2.46. The molecule has 0 aromatic carbocycles. The second-order valence-corrected chi connectivity index (χ2v) is 12.3. The highest BCUT2D eigenvalue weighted by Crippen LogP contribution is 2.44. The van der Waals surface area contributed by atoms with E-state index in [0.29, 0.717) is 0 Å². The van der Waals surface area contributed by atoms with Gasteiger partial charge in [0.05, 0.1) is 6.61 Å². The lowest BCUT2D eigenvalue weighted by Crippen LogP contribution is -2.65. The lowest BCUT2D eigenvalue weighted by molar-refractivity contribution is -0.357. The van der Waals surface area contributed by atoms with Gasteiger partial charge in [0, 0.05) is 13.1 Å². The number of ether oxygens (including phenoxy) is 9. The molecule has 0 aliphatic carbocycles. The Kier molecular flexibility index (Phi) is 9.85. The van der Waals surface area contributed by atoms with Crippen molar-refractivity contribution in [1.82, 2.24) is 10.6 Å². The Hall–Kier alpha value is -0.640. The summed E-state index contributed by atoms with van der Waals surface area (Å²) in [4.78, 5) is 0. The van der Waals surface area contributed by atoms with Gasteiger partial charge in [-0.25, -0.2) is 0 Å². The number of fused-ring (bicyclic) bond motifs is 3. The van der Waals surface area contributed by atoms with Gasteiger partial charge >= 0.3 is 0 Å². The van der Waals surface area contributed by atoms with Crippen LogP contribution >= 0.6 is 0 Å². The Balaban J connectivity index is 1.25. The molecular weight excluding hydrogens is 564 g/mol. The van der Waals surface area contributed by atoms with E-state index >= 15 is 0 Å². The van der Waals surface area contributed by atoms with Crippen molar-refractivity contribution in [2.75, 3.05) is 33.8 Å². The molecule has 0 unspecified atom stereocenters. The highest BCUT2D eigenvalue weighted by Gasteiger charge is 2.61. The predicted octanol–water partition coefficient (Wildman–Crippen LogP) is -3.52. The molecule has 5 rings (SSSR count). The van der Waals surface area contributed by atoms with Gasteiger partial charge in [-0.1, -0.05) is 0 Å². The molecule has 42 heavy (non-hydrogen) atoms. The second kappa shape index (κ2) is 12.6. The maximum absolute atomic E-state index is 11.1. The molecule has 0 spiro atoms. The first-order chi connectivity index (χ1) is 19.7. The smallest absolute Gasteiger partial charge is 0.190 e. The van der Waals surface area contributed by atoms with Crippen LogP contribution in [0.4, 0.5) is 0 Å². The number of aliphatic hydroxyl groups is 5. The molecule has 0 saturated carbocycles. The van der Waals surface area contributed by atoms with Gasteiger partial charge in [0.25, 0.3) is 0 Å². The zero-order valence-electron chi connectivity index (χ0n) is 24.7. The predicted molar refractivity (Wildman–Crippen MR) is 139 cm³/mol. The van der Waals surface area contributed by atoms with E-state index in [-0.39, 0.29) is 19.7 Å². The molecule has 244 valence electrons. The summed E-state index contributed by atoms with van der Waals surface area (Å²) < 4.78 is 53.9. The van der Waals surface area contributed by atoms with E-state index in [1.54, 1.807) is 41.8 Å². The monoisotopic (exact) mass is 610 g/mol. The van der Waals surface area contributed by atoms with Crippen LogP contribution in [0.3, 0.4) is 0 Å². The summed E-state index contributed by atoms with van der Waals surface area (Å²) >= 11 is 0. The van der Waals surface area contributed by atoms with Crippen molar-refractivity contribution >= 4 is 0 Å². The summed E-state index contributed by atoms with van der Waals surface area (Å²) in [6, 6.07) is 0.